The van der Waals surface area contributed by atoms with Crippen LogP contribution in [0, 0.1) is 13.8 Å². The Hall–Kier alpha value is -1.68. The van der Waals surface area contributed by atoms with Crippen molar-refractivity contribution in [2.45, 2.75) is 33.8 Å². The summed E-state index contributed by atoms with van der Waals surface area (Å²) in [6.45, 7) is 6.13. The quantitative estimate of drug-likeness (QED) is 0.795. The van der Waals surface area contributed by atoms with Crippen molar-refractivity contribution in [3.8, 4) is 10.6 Å². The van der Waals surface area contributed by atoms with E-state index >= 15 is 0 Å². The van der Waals surface area contributed by atoms with Crippen LogP contribution < -0.4 is 0 Å². The van der Waals surface area contributed by atoms with E-state index in [2.05, 4.69) is 24.0 Å². The molecule has 2 rings (SSSR count). The average Bonchev–Trinajstić information content (AvgIpc) is 2.77. The molecule has 0 aliphatic rings. The predicted octanol–water partition coefficient (Wildman–Crippen LogP) is 3.88. The maximum atomic E-state index is 11.2. The van der Waals surface area contributed by atoms with Crippen molar-refractivity contribution in [3.05, 3.63) is 40.4 Å². The third kappa shape index (κ3) is 3.41. The first-order valence-corrected chi connectivity index (χ1v) is 7.10. The smallest absolute Gasteiger partial charge is 0.305 e. The average molecular weight is 275 g/mol. The minimum absolute atomic E-state index is 0.176. The van der Waals surface area contributed by atoms with Crippen LogP contribution >= 0.6 is 11.3 Å². The Labute approximate surface area is 117 Å². The van der Waals surface area contributed by atoms with Gasteiger partial charge in [0, 0.05) is 12.0 Å². The van der Waals surface area contributed by atoms with Gasteiger partial charge < -0.3 is 4.74 Å². The summed E-state index contributed by atoms with van der Waals surface area (Å²) < 4.78 is 5.16. The van der Waals surface area contributed by atoms with E-state index in [0.29, 0.717) is 13.0 Å². The third-order valence-corrected chi connectivity index (χ3v) is 3.99. The minimum Gasteiger partial charge on any atom is -0.460 e. The van der Waals surface area contributed by atoms with Crippen molar-refractivity contribution in [2.75, 3.05) is 0 Å². The Balaban J connectivity index is 2.19. The number of aryl methyl sites for hydroxylation is 2. The van der Waals surface area contributed by atoms with Crippen LogP contribution in [0.2, 0.25) is 0 Å². The molecule has 1 aromatic heterocycles. The zero-order valence-corrected chi connectivity index (χ0v) is 12.2. The van der Waals surface area contributed by atoms with Gasteiger partial charge in [0.05, 0.1) is 10.6 Å². The molecule has 0 aliphatic carbocycles. The Kier molecular flexibility index (Phi) is 4.32. The number of carbonyl (C=O) groups excluding carboxylic acids is 1. The number of esters is 1. The molecule has 0 amide bonds. The zero-order valence-electron chi connectivity index (χ0n) is 11.4. The fraction of sp³-hybridized carbons (Fsp3) is 0.333. The molecular formula is C15H17NO2S. The molecule has 3 nitrogen and oxygen atoms in total. The van der Waals surface area contributed by atoms with E-state index in [0.717, 1.165) is 21.1 Å². The molecule has 1 aromatic carbocycles. The van der Waals surface area contributed by atoms with Crippen LogP contribution in [0.5, 0.6) is 0 Å². The monoisotopic (exact) mass is 275 g/mol. The Bertz CT molecular complexity index is 590. The second kappa shape index (κ2) is 5.97. The summed E-state index contributed by atoms with van der Waals surface area (Å²) in [4.78, 5) is 16.7. The molecule has 0 saturated carbocycles. The lowest BCUT2D eigenvalue weighted by Crippen LogP contribution is -2.01. The van der Waals surface area contributed by atoms with Gasteiger partial charge in [-0.1, -0.05) is 30.7 Å². The molecule has 0 unspecified atom stereocenters. The first kappa shape index (κ1) is 13.7. The first-order chi connectivity index (χ1) is 9.10. The maximum Gasteiger partial charge on any atom is 0.305 e. The van der Waals surface area contributed by atoms with Crippen LogP contribution in [0.3, 0.4) is 0 Å². The molecule has 2 aromatic rings. The molecule has 100 valence electrons. The van der Waals surface area contributed by atoms with E-state index in [1.54, 1.807) is 18.3 Å². The van der Waals surface area contributed by atoms with Gasteiger partial charge in [-0.05, 0) is 19.9 Å². The lowest BCUT2D eigenvalue weighted by molar-refractivity contribution is -0.144. The van der Waals surface area contributed by atoms with E-state index in [1.807, 2.05) is 19.1 Å². The Morgan fingerprint density at radius 2 is 2.16 bits per heavy atom. The van der Waals surface area contributed by atoms with E-state index < -0.39 is 0 Å². The molecule has 0 aliphatic heterocycles. The summed E-state index contributed by atoms with van der Waals surface area (Å²) in [5.41, 5.74) is 3.26. The summed E-state index contributed by atoms with van der Waals surface area (Å²) in [6.07, 6.45) is 0.405. The molecule has 19 heavy (non-hydrogen) atoms. The number of thiazole rings is 1. The highest BCUT2D eigenvalue weighted by atomic mass is 32.1. The van der Waals surface area contributed by atoms with E-state index in [-0.39, 0.29) is 5.97 Å². The fourth-order valence-electron chi connectivity index (χ4n) is 1.71. The van der Waals surface area contributed by atoms with Crippen molar-refractivity contribution in [1.29, 1.82) is 0 Å². The number of hydrogen-bond acceptors (Lipinski definition) is 4. The summed E-state index contributed by atoms with van der Waals surface area (Å²) in [5.74, 6) is -0.176. The van der Waals surface area contributed by atoms with Gasteiger partial charge in [-0.3, -0.25) is 4.79 Å². The van der Waals surface area contributed by atoms with Crippen molar-refractivity contribution < 1.29 is 9.53 Å². The summed E-state index contributed by atoms with van der Waals surface area (Å²) >= 11 is 1.59. The molecule has 0 spiro atoms. The summed E-state index contributed by atoms with van der Waals surface area (Å²) in [7, 11) is 0. The molecule has 0 saturated heterocycles. The maximum absolute atomic E-state index is 11.2. The Morgan fingerprint density at radius 1 is 1.37 bits per heavy atom. The second-order valence-electron chi connectivity index (χ2n) is 4.41. The highest BCUT2D eigenvalue weighted by Crippen LogP contribution is 2.28. The molecule has 4 heteroatoms. The molecular weight excluding hydrogens is 258 g/mol. The van der Waals surface area contributed by atoms with Crippen molar-refractivity contribution in [3.63, 3.8) is 0 Å². The van der Waals surface area contributed by atoms with Crippen LogP contribution in [0.1, 0.15) is 29.5 Å². The lowest BCUT2D eigenvalue weighted by Gasteiger charge is -2.00. The SMILES string of the molecule is CCC(=O)OCc1sc(-c2cccc(C)c2)nc1C. The summed E-state index contributed by atoms with van der Waals surface area (Å²) in [6, 6.07) is 8.25. The summed E-state index contributed by atoms with van der Waals surface area (Å²) in [5, 5.41) is 0.976. The van der Waals surface area contributed by atoms with Gasteiger partial charge in [0.15, 0.2) is 0 Å². The van der Waals surface area contributed by atoms with Gasteiger partial charge in [-0.25, -0.2) is 4.98 Å². The fourth-order valence-corrected chi connectivity index (χ4v) is 2.68. The number of carbonyl (C=O) groups is 1. The lowest BCUT2D eigenvalue weighted by atomic mass is 10.1. The van der Waals surface area contributed by atoms with E-state index in [1.165, 1.54) is 5.56 Å². The molecule has 0 radical (unpaired) electrons. The molecule has 1 heterocycles. The number of rotatable bonds is 4. The van der Waals surface area contributed by atoms with E-state index in [9.17, 15) is 4.79 Å². The molecule has 0 atom stereocenters. The Morgan fingerprint density at radius 3 is 2.84 bits per heavy atom. The predicted molar refractivity (Wildman–Crippen MR) is 77.1 cm³/mol. The highest BCUT2D eigenvalue weighted by Gasteiger charge is 2.11. The number of aromatic nitrogens is 1. The number of benzene rings is 1. The molecule has 0 fully saturated rings. The van der Waals surface area contributed by atoms with E-state index in [4.69, 9.17) is 4.74 Å². The van der Waals surface area contributed by atoms with Gasteiger partial charge >= 0.3 is 5.97 Å². The van der Waals surface area contributed by atoms with Gasteiger partial charge in [-0.15, -0.1) is 11.3 Å². The van der Waals surface area contributed by atoms with Crippen LogP contribution in [-0.2, 0) is 16.1 Å². The van der Waals surface area contributed by atoms with Crippen molar-refractivity contribution in [1.82, 2.24) is 4.98 Å². The zero-order chi connectivity index (χ0) is 13.8. The number of hydrogen-bond donors (Lipinski definition) is 0. The molecule has 0 bridgehead atoms. The minimum atomic E-state index is -0.176. The van der Waals surface area contributed by atoms with Crippen LogP contribution in [-0.4, -0.2) is 11.0 Å². The number of nitrogens with zero attached hydrogens (tertiary/aromatic N) is 1. The van der Waals surface area contributed by atoms with Gasteiger partial charge in [0.25, 0.3) is 0 Å². The van der Waals surface area contributed by atoms with Gasteiger partial charge in [0.2, 0.25) is 0 Å². The van der Waals surface area contributed by atoms with Crippen LogP contribution in [0.25, 0.3) is 10.6 Å². The number of ether oxygens (including phenoxy) is 1. The van der Waals surface area contributed by atoms with Crippen LogP contribution in [0.4, 0.5) is 0 Å². The second-order valence-corrected chi connectivity index (χ2v) is 5.49. The topological polar surface area (TPSA) is 39.2 Å². The highest BCUT2D eigenvalue weighted by molar-refractivity contribution is 7.15. The largest absolute Gasteiger partial charge is 0.460 e. The third-order valence-electron chi connectivity index (χ3n) is 2.81. The van der Waals surface area contributed by atoms with Crippen molar-refractivity contribution >= 4 is 17.3 Å². The standard InChI is InChI=1S/C15H17NO2S/c1-4-14(17)18-9-13-11(3)16-15(19-13)12-7-5-6-10(2)8-12/h5-8H,4,9H2,1-3H3. The van der Waals surface area contributed by atoms with Crippen LogP contribution in [0.15, 0.2) is 24.3 Å². The first-order valence-electron chi connectivity index (χ1n) is 6.29. The normalized spacial score (nSPS) is 10.5. The van der Waals surface area contributed by atoms with Crippen molar-refractivity contribution in [2.24, 2.45) is 0 Å². The van der Waals surface area contributed by atoms with Gasteiger partial charge in [-0.2, -0.15) is 0 Å². The van der Waals surface area contributed by atoms with Gasteiger partial charge in [0.1, 0.15) is 11.6 Å². The molecule has 0 N–H and O–H groups in total.